The molecule has 2 heterocycles. The van der Waals surface area contributed by atoms with Gasteiger partial charge in [0.2, 0.25) is 0 Å². The van der Waals surface area contributed by atoms with Crippen molar-refractivity contribution in [2.45, 2.75) is 20.4 Å². The fraction of sp³-hybridized carbons (Fsp3) is 0.310. The van der Waals surface area contributed by atoms with Gasteiger partial charge in [-0.3, -0.25) is 9.69 Å². The van der Waals surface area contributed by atoms with Crippen LogP contribution in [-0.2, 0) is 6.54 Å². The average molecular weight is 469 g/mol. The summed E-state index contributed by atoms with van der Waals surface area (Å²) in [6.45, 7) is 9.27. The summed E-state index contributed by atoms with van der Waals surface area (Å²) in [5, 5.41) is 0. The molecule has 180 valence electrons. The van der Waals surface area contributed by atoms with Gasteiger partial charge in [0, 0.05) is 62.8 Å². The third kappa shape index (κ3) is 4.87. The van der Waals surface area contributed by atoms with E-state index in [1.54, 1.807) is 4.90 Å². The maximum absolute atomic E-state index is 13.1. The molecule has 0 aliphatic carbocycles. The van der Waals surface area contributed by atoms with Crippen molar-refractivity contribution in [3.8, 4) is 0 Å². The van der Waals surface area contributed by atoms with Gasteiger partial charge in [-0.25, -0.2) is 4.79 Å². The number of carbonyl (C=O) groups is 2. The molecule has 0 atom stereocenters. The molecule has 2 aliphatic rings. The van der Waals surface area contributed by atoms with Crippen LogP contribution >= 0.6 is 0 Å². The Morgan fingerprint density at radius 3 is 2.20 bits per heavy atom. The van der Waals surface area contributed by atoms with Crippen LogP contribution in [0.3, 0.4) is 0 Å². The lowest BCUT2D eigenvalue weighted by Gasteiger charge is -2.37. The molecule has 0 radical (unpaired) electrons. The molecule has 0 saturated carbocycles. The number of benzene rings is 3. The van der Waals surface area contributed by atoms with Gasteiger partial charge in [-0.15, -0.1) is 0 Å². The summed E-state index contributed by atoms with van der Waals surface area (Å²) < 4.78 is 0. The zero-order valence-corrected chi connectivity index (χ0v) is 20.5. The smallest absolute Gasteiger partial charge is 0.324 e. The molecular formula is C29H32N4O2. The Labute approximate surface area is 207 Å². The first-order chi connectivity index (χ1) is 17.0. The number of amides is 3. The van der Waals surface area contributed by atoms with Crippen LogP contribution in [0.2, 0.25) is 0 Å². The highest BCUT2D eigenvalue weighted by atomic mass is 16.2. The van der Waals surface area contributed by atoms with E-state index < -0.39 is 0 Å². The molecule has 0 unspecified atom stereocenters. The highest BCUT2D eigenvalue weighted by molar-refractivity contribution is 5.97. The van der Waals surface area contributed by atoms with Crippen LogP contribution in [0, 0.1) is 13.8 Å². The van der Waals surface area contributed by atoms with Crippen LogP contribution in [0.15, 0.2) is 72.8 Å². The molecule has 6 nitrogen and oxygen atoms in total. The minimum atomic E-state index is 0.00968. The third-order valence-corrected chi connectivity index (χ3v) is 7.00. The van der Waals surface area contributed by atoms with Crippen molar-refractivity contribution in [3.05, 3.63) is 95.1 Å². The molecule has 2 fully saturated rings. The van der Waals surface area contributed by atoms with Crippen molar-refractivity contribution in [1.82, 2.24) is 9.80 Å². The van der Waals surface area contributed by atoms with Crippen molar-refractivity contribution in [2.24, 2.45) is 0 Å². The number of urea groups is 1. The number of nitrogens with zero attached hydrogens (tertiary/aromatic N) is 4. The second-order valence-corrected chi connectivity index (χ2v) is 9.46. The lowest BCUT2D eigenvalue weighted by Crippen LogP contribution is -2.49. The fourth-order valence-corrected chi connectivity index (χ4v) is 5.05. The molecule has 3 amide bonds. The lowest BCUT2D eigenvalue weighted by atomic mass is 10.1. The van der Waals surface area contributed by atoms with Gasteiger partial charge in [0.25, 0.3) is 5.91 Å². The van der Waals surface area contributed by atoms with Gasteiger partial charge in [0.05, 0.1) is 0 Å². The molecule has 2 aliphatic heterocycles. The second-order valence-electron chi connectivity index (χ2n) is 9.46. The number of carbonyl (C=O) groups excluding carboxylic acids is 2. The molecule has 0 aromatic heterocycles. The fourth-order valence-electron chi connectivity index (χ4n) is 5.05. The van der Waals surface area contributed by atoms with Gasteiger partial charge in [-0.05, 0) is 55.3 Å². The van der Waals surface area contributed by atoms with Crippen LogP contribution < -0.4 is 9.80 Å². The number of anilines is 2. The molecule has 5 rings (SSSR count). The first kappa shape index (κ1) is 23.0. The van der Waals surface area contributed by atoms with Gasteiger partial charge in [0.15, 0.2) is 0 Å². The molecule has 0 N–H and O–H groups in total. The molecule has 0 spiro atoms. The van der Waals surface area contributed by atoms with Crippen LogP contribution in [0.25, 0.3) is 0 Å². The van der Waals surface area contributed by atoms with Crippen LogP contribution in [-0.4, -0.2) is 61.0 Å². The number of hydrogen-bond donors (Lipinski definition) is 0. The van der Waals surface area contributed by atoms with E-state index in [4.69, 9.17) is 0 Å². The van der Waals surface area contributed by atoms with Crippen molar-refractivity contribution in [3.63, 3.8) is 0 Å². The summed E-state index contributed by atoms with van der Waals surface area (Å²) in [7, 11) is 0. The molecule has 3 aromatic carbocycles. The zero-order chi connectivity index (χ0) is 24.4. The van der Waals surface area contributed by atoms with E-state index in [-0.39, 0.29) is 11.9 Å². The average Bonchev–Trinajstić information content (AvgIpc) is 3.24. The summed E-state index contributed by atoms with van der Waals surface area (Å²) in [4.78, 5) is 34.0. The molecule has 35 heavy (non-hydrogen) atoms. The standard InChI is InChI=1S/C29H32N4O2/c1-22-8-13-27(23(2)20-22)30-14-16-31(17-15-30)28(34)25-9-11-26(12-10-25)33-19-18-32(29(33)35)21-24-6-4-3-5-7-24/h3-13,20H,14-19,21H2,1-2H3. The van der Waals surface area contributed by atoms with Gasteiger partial charge < -0.3 is 14.7 Å². The number of aryl methyl sites for hydroxylation is 2. The quantitative estimate of drug-likeness (QED) is 0.545. The lowest BCUT2D eigenvalue weighted by molar-refractivity contribution is 0.0747. The minimum Gasteiger partial charge on any atom is -0.368 e. The zero-order valence-electron chi connectivity index (χ0n) is 20.5. The number of piperazine rings is 1. The minimum absolute atomic E-state index is 0.00968. The van der Waals surface area contributed by atoms with Crippen molar-refractivity contribution >= 4 is 23.3 Å². The topological polar surface area (TPSA) is 47.1 Å². The van der Waals surface area contributed by atoms with Crippen molar-refractivity contribution in [1.29, 1.82) is 0 Å². The number of hydrogen-bond acceptors (Lipinski definition) is 3. The van der Waals surface area contributed by atoms with Gasteiger partial charge in [-0.2, -0.15) is 0 Å². The van der Waals surface area contributed by atoms with Crippen LogP contribution in [0.1, 0.15) is 27.0 Å². The van der Waals surface area contributed by atoms with E-state index >= 15 is 0 Å². The predicted molar refractivity (Wildman–Crippen MR) is 140 cm³/mol. The van der Waals surface area contributed by atoms with Gasteiger partial charge >= 0.3 is 6.03 Å². The monoisotopic (exact) mass is 468 g/mol. The summed E-state index contributed by atoms with van der Waals surface area (Å²) in [5.74, 6) is 0.0512. The van der Waals surface area contributed by atoms with E-state index in [0.717, 1.165) is 24.3 Å². The molecular weight excluding hydrogens is 436 g/mol. The van der Waals surface area contributed by atoms with E-state index in [9.17, 15) is 9.59 Å². The molecule has 2 saturated heterocycles. The van der Waals surface area contributed by atoms with Crippen molar-refractivity contribution in [2.75, 3.05) is 49.1 Å². The Hall–Kier alpha value is -3.80. The Morgan fingerprint density at radius 1 is 0.800 bits per heavy atom. The van der Waals surface area contributed by atoms with E-state index in [2.05, 4.69) is 36.9 Å². The highest BCUT2D eigenvalue weighted by Gasteiger charge is 2.30. The normalized spacial score (nSPS) is 16.2. The Balaban J connectivity index is 1.18. The summed E-state index contributed by atoms with van der Waals surface area (Å²) >= 11 is 0. The maximum Gasteiger partial charge on any atom is 0.324 e. The first-order valence-corrected chi connectivity index (χ1v) is 12.3. The van der Waals surface area contributed by atoms with Gasteiger partial charge in [-0.1, -0.05) is 48.0 Å². The first-order valence-electron chi connectivity index (χ1n) is 12.3. The van der Waals surface area contributed by atoms with E-state index in [1.807, 2.05) is 64.4 Å². The third-order valence-electron chi connectivity index (χ3n) is 7.00. The summed E-state index contributed by atoms with van der Waals surface area (Å²) in [6.07, 6.45) is 0. The number of rotatable bonds is 5. The summed E-state index contributed by atoms with van der Waals surface area (Å²) in [5.41, 5.74) is 6.43. The maximum atomic E-state index is 13.1. The molecule has 6 heteroatoms. The Bertz CT molecular complexity index is 1200. The Morgan fingerprint density at radius 2 is 1.51 bits per heavy atom. The van der Waals surface area contributed by atoms with E-state index in [1.165, 1.54) is 16.8 Å². The SMILES string of the molecule is Cc1ccc(N2CCN(C(=O)c3ccc(N4CCN(Cc5ccccc5)C4=O)cc3)CC2)c(C)c1. The summed E-state index contributed by atoms with van der Waals surface area (Å²) in [6, 6.07) is 24.1. The largest absolute Gasteiger partial charge is 0.368 e. The van der Waals surface area contributed by atoms with Crippen LogP contribution in [0.5, 0.6) is 0 Å². The van der Waals surface area contributed by atoms with E-state index in [0.29, 0.717) is 38.3 Å². The van der Waals surface area contributed by atoms with Gasteiger partial charge in [0.1, 0.15) is 0 Å². The molecule has 3 aromatic rings. The molecule has 0 bridgehead atoms. The Kier molecular flexibility index (Phi) is 6.45. The van der Waals surface area contributed by atoms with Crippen molar-refractivity contribution < 1.29 is 9.59 Å². The second kappa shape index (κ2) is 9.82. The highest BCUT2D eigenvalue weighted by Crippen LogP contribution is 2.25. The predicted octanol–water partition coefficient (Wildman–Crippen LogP) is 4.71. The van der Waals surface area contributed by atoms with Crippen LogP contribution in [0.4, 0.5) is 16.2 Å².